The van der Waals surface area contributed by atoms with Crippen molar-refractivity contribution in [3.8, 4) is 23.3 Å². The highest BCUT2D eigenvalue weighted by atomic mass is 16.6. The van der Waals surface area contributed by atoms with Crippen LogP contribution in [0.1, 0.15) is 11.1 Å². The normalized spacial score (nSPS) is 11.0. The second-order valence-corrected chi connectivity index (χ2v) is 7.05. The molecule has 0 N–H and O–H groups in total. The Kier molecular flexibility index (Phi) is 7.27. The van der Waals surface area contributed by atoms with Crippen molar-refractivity contribution in [3.05, 3.63) is 117 Å². The first-order valence-corrected chi connectivity index (χ1v) is 10.3. The standard InChI is InChI=1S/C24H16N6O6/c31-29(32)19-5-11-23(25-15-19)35-21-7-1-17(2-8-21)13-27-28-14-18-3-9-22(10-4-18)36-24-12-6-20(16-26-24)30(33)34/h1-16H/b27-13-,28-14-. The van der Waals surface area contributed by atoms with Crippen LogP contribution in [0.3, 0.4) is 0 Å². The Bertz CT molecular complexity index is 1290. The summed E-state index contributed by atoms with van der Waals surface area (Å²) in [4.78, 5) is 28.1. The van der Waals surface area contributed by atoms with E-state index >= 15 is 0 Å². The second kappa shape index (κ2) is 11.1. The zero-order chi connectivity index (χ0) is 25.3. The van der Waals surface area contributed by atoms with E-state index in [9.17, 15) is 20.2 Å². The maximum Gasteiger partial charge on any atom is 0.287 e. The first-order valence-electron chi connectivity index (χ1n) is 10.3. The Labute approximate surface area is 203 Å². The topological polar surface area (TPSA) is 155 Å². The third-order valence-electron chi connectivity index (χ3n) is 4.55. The van der Waals surface area contributed by atoms with Gasteiger partial charge in [-0.3, -0.25) is 20.2 Å². The molecule has 12 heteroatoms. The summed E-state index contributed by atoms with van der Waals surface area (Å²) in [6, 6.07) is 19.4. The van der Waals surface area contributed by atoms with Crippen LogP contribution >= 0.6 is 0 Å². The van der Waals surface area contributed by atoms with Crippen molar-refractivity contribution in [1.29, 1.82) is 0 Å². The lowest BCUT2D eigenvalue weighted by Gasteiger charge is -2.04. The fourth-order valence-electron chi connectivity index (χ4n) is 2.77. The number of benzene rings is 2. The van der Waals surface area contributed by atoms with Gasteiger partial charge in [0, 0.05) is 24.3 Å². The lowest BCUT2D eigenvalue weighted by Crippen LogP contribution is -1.92. The van der Waals surface area contributed by atoms with E-state index in [0.717, 1.165) is 23.5 Å². The number of hydrogen-bond donors (Lipinski definition) is 0. The molecule has 2 aromatic heterocycles. The highest BCUT2D eigenvalue weighted by Gasteiger charge is 2.07. The molecule has 0 spiro atoms. The maximum absolute atomic E-state index is 10.7. The van der Waals surface area contributed by atoms with Crippen LogP contribution in [0.2, 0.25) is 0 Å². The number of nitro groups is 2. The van der Waals surface area contributed by atoms with E-state index < -0.39 is 9.85 Å². The number of ether oxygens (including phenoxy) is 2. The van der Waals surface area contributed by atoms with Gasteiger partial charge in [-0.05, 0) is 59.7 Å². The van der Waals surface area contributed by atoms with Crippen LogP contribution in [0, 0.1) is 20.2 Å². The molecule has 0 aliphatic rings. The van der Waals surface area contributed by atoms with E-state index in [2.05, 4.69) is 20.2 Å². The number of rotatable bonds is 9. The zero-order valence-corrected chi connectivity index (χ0v) is 18.4. The maximum atomic E-state index is 10.7. The monoisotopic (exact) mass is 484 g/mol. The predicted octanol–water partition coefficient (Wildman–Crippen LogP) is 5.33. The lowest BCUT2D eigenvalue weighted by atomic mass is 10.2. The minimum absolute atomic E-state index is 0.113. The lowest BCUT2D eigenvalue weighted by molar-refractivity contribution is -0.385. The minimum atomic E-state index is -0.529. The largest absolute Gasteiger partial charge is 0.439 e. The van der Waals surface area contributed by atoms with Gasteiger partial charge in [-0.2, -0.15) is 10.2 Å². The summed E-state index contributed by atoms with van der Waals surface area (Å²) in [5.41, 5.74) is 1.35. The van der Waals surface area contributed by atoms with Gasteiger partial charge in [-0.1, -0.05) is 0 Å². The molecular formula is C24H16N6O6. The van der Waals surface area contributed by atoms with Gasteiger partial charge in [0.1, 0.15) is 23.9 Å². The van der Waals surface area contributed by atoms with Crippen molar-refractivity contribution in [2.45, 2.75) is 0 Å². The molecule has 0 aliphatic carbocycles. The molecule has 0 bridgehead atoms. The van der Waals surface area contributed by atoms with Gasteiger partial charge in [-0.15, -0.1) is 0 Å². The SMILES string of the molecule is O=[N+]([O-])c1ccc(Oc2ccc(/C=N\N=C/c3ccc(Oc4ccc([N+](=O)[O-])cn4)cc3)cc2)nc1. The van der Waals surface area contributed by atoms with Crippen LogP contribution in [0.4, 0.5) is 11.4 Å². The van der Waals surface area contributed by atoms with Crippen molar-refractivity contribution in [2.75, 3.05) is 0 Å². The molecule has 4 rings (SSSR count). The summed E-state index contributed by atoms with van der Waals surface area (Å²) >= 11 is 0. The van der Waals surface area contributed by atoms with Crippen LogP contribution in [-0.4, -0.2) is 32.2 Å². The molecule has 178 valence electrons. The molecule has 0 fully saturated rings. The Morgan fingerprint density at radius 1 is 0.611 bits per heavy atom. The van der Waals surface area contributed by atoms with Gasteiger partial charge in [0.05, 0.1) is 22.3 Å². The molecule has 0 saturated heterocycles. The van der Waals surface area contributed by atoms with Gasteiger partial charge < -0.3 is 9.47 Å². The molecule has 0 saturated carbocycles. The molecule has 36 heavy (non-hydrogen) atoms. The van der Waals surface area contributed by atoms with E-state index in [4.69, 9.17) is 9.47 Å². The molecule has 0 unspecified atom stereocenters. The average molecular weight is 484 g/mol. The van der Waals surface area contributed by atoms with Crippen LogP contribution in [-0.2, 0) is 0 Å². The predicted molar refractivity (Wildman–Crippen MR) is 130 cm³/mol. The first kappa shape index (κ1) is 23.6. The van der Waals surface area contributed by atoms with Crippen molar-refractivity contribution in [1.82, 2.24) is 9.97 Å². The third-order valence-corrected chi connectivity index (χ3v) is 4.55. The number of nitrogens with zero attached hydrogens (tertiary/aromatic N) is 6. The third kappa shape index (κ3) is 6.51. The van der Waals surface area contributed by atoms with Crippen molar-refractivity contribution < 1.29 is 19.3 Å². The molecule has 0 aliphatic heterocycles. The molecular weight excluding hydrogens is 468 g/mol. The summed E-state index contributed by atoms with van der Waals surface area (Å²) in [5, 5.41) is 29.4. The van der Waals surface area contributed by atoms with E-state index in [1.54, 1.807) is 61.0 Å². The van der Waals surface area contributed by atoms with E-state index in [1.165, 1.54) is 24.3 Å². The van der Waals surface area contributed by atoms with Crippen molar-refractivity contribution in [3.63, 3.8) is 0 Å². The van der Waals surface area contributed by atoms with Crippen LogP contribution < -0.4 is 9.47 Å². The molecule has 0 radical (unpaired) electrons. The summed E-state index contributed by atoms with van der Waals surface area (Å²) in [5.74, 6) is 1.52. The van der Waals surface area contributed by atoms with Crippen LogP contribution in [0.15, 0.2) is 95.4 Å². The van der Waals surface area contributed by atoms with E-state index in [0.29, 0.717) is 11.5 Å². The van der Waals surface area contributed by atoms with Crippen LogP contribution in [0.5, 0.6) is 23.3 Å². The summed E-state index contributed by atoms with van der Waals surface area (Å²) in [6.45, 7) is 0. The number of hydrogen-bond acceptors (Lipinski definition) is 10. The molecule has 4 aromatic rings. The molecule has 2 heterocycles. The van der Waals surface area contributed by atoms with E-state index in [1.807, 2.05) is 0 Å². The number of pyridine rings is 2. The smallest absolute Gasteiger partial charge is 0.287 e. The van der Waals surface area contributed by atoms with Gasteiger partial charge in [0.15, 0.2) is 0 Å². The summed E-state index contributed by atoms with van der Waals surface area (Å²) < 4.78 is 11.1. The van der Waals surface area contributed by atoms with Gasteiger partial charge in [0.2, 0.25) is 11.8 Å². The van der Waals surface area contributed by atoms with Crippen molar-refractivity contribution >= 4 is 23.8 Å². The van der Waals surface area contributed by atoms with Gasteiger partial charge >= 0.3 is 0 Å². The summed E-state index contributed by atoms with van der Waals surface area (Å²) in [6.07, 6.45) is 5.40. The molecule has 0 atom stereocenters. The zero-order valence-electron chi connectivity index (χ0n) is 18.4. The van der Waals surface area contributed by atoms with Gasteiger partial charge in [0.25, 0.3) is 11.4 Å². The Morgan fingerprint density at radius 3 is 1.31 bits per heavy atom. The quantitative estimate of drug-likeness (QED) is 0.175. The number of aromatic nitrogens is 2. The highest BCUT2D eigenvalue weighted by Crippen LogP contribution is 2.22. The van der Waals surface area contributed by atoms with Crippen LogP contribution in [0.25, 0.3) is 0 Å². The fraction of sp³-hybridized carbons (Fsp3) is 0. The average Bonchev–Trinajstić information content (AvgIpc) is 2.89. The highest BCUT2D eigenvalue weighted by molar-refractivity contribution is 5.82. The van der Waals surface area contributed by atoms with Crippen molar-refractivity contribution in [2.24, 2.45) is 10.2 Å². The van der Waals surface area contributed by atoms with Gasteiger partial charge in [-0.25, -0.2) is 9.97 Å². The fourth-order valence-corrected chi connectivity index (χ4v) is 2.77. The van der Waals surface area contributed by atoms with E-state index in [-0.39, 0.29) is 23.1 Å². The summed E-state index contributed by atoms with van der Waals surface area (Å²) in [7, 11) is 0. The molecule has 12 nitrogen and oxygen atoms in total. The molecule has 2 aromatic carbocycles. The first-order chi connectivity index (χ1) is 17.5. The Hall–Kier alpha value is -5.52. The Balaban J connectivity index is 1.28. The Morgan fingerprint density at radius 2 is 1.00 bits per heavy atom. The molecule has 0 amide bonds. The minimum Gasteiger partial charge on any atom is -0.439 e. The second-order valence-electron chi connectivity index (χ2n) is 7.05.